The molecule has 5 nitrogen and oxygen atoms in total. The highest BCUT2D eigenvalue weighted by Crippen LogP contribution is 2.33. The summed E-state index contributed by atoms with van der Waals surface area (Å²) in [6, 6.07) is 22.0. The fraction of sp³-hybridized carbons (Fsp3) is 0.345. The summed E-state index contributed by atoms with van der Waals surface area (Å²) in [4.78, 5) is 12.3. The van der Waals surface area contributed by atoms with Gasteiger partial charge < -0.3 is 4.74 Å². The maximum atomic E-state index is 13.8. The lowest BCUT2D eigenvalue weighted by molar-refractivity contribution is 0.0526. The first-order valence-corrected chi connectivity index (χ1v) is 14.7. The molecule has 0 N–H and O–H groups in total. The smallest absolute Gasteiger partial charge is 0.338 e. The van der Waals surface area contributed by atoms with Gasteiger partial charge in [0.05, 0.1) is 17.1 Å². The van der Waals surface area contributed by atoms with Gasteiger partial charge in [-0.2, -0.15) is 4.31 Å². The molecule has 0 amide bonds. The van der Waals surface area contributed by atoms with Crippen molar-refractivity contribution in [3.05, 3.63) is 99.5 Å². The quantitative estimate of drug-likeness (QED) is 0.258. The Morgan fingerprint density at radius 1 is 0.861 bits per heavy atom. The van der Waals surface area contributed by atoms with Crippen molar-refractivity contribution >= 4 is 31.9 Å². The van der Waals surface area contributed by atoms with Gasteiger partial charge in [0.2, 0.25) is 10.0 Å². The van der Waals surface area contributed by atoms with Crippen LogP contribution in [0.3, 0.4) is 0 Å². The molecule has 190 valence electrons. The molecule has 0 aromatic heterocycles. The zero-order valence-corrected chi connectivity index (χ0v) is 22.9. The number of hydrogen-bond donors (Lipinski definition) is 0. The number of ether oxygens (including phenoxy) is 1. The Labute approximate surface area is 222 Å². The van der Waals surface area contributed by atoms with Crippen LogP contribution in [0.5, 0.6) is 0 Å². The average Bonchev–Trinajstić information content (AvgIpc) is 2.90. The fourth-order valence-corrected chi connectivity index (χ4v) is 6.36. The van der Waals surface area contributed by atoms with E-state index in [2.05, 4.69) is 15.9 Å². The maximum Gasteiger partial charge on any atom is 0.338 e. The summed E-state index contributed by atoms with van der Waals surface area (Å²) in [5.74, 6) is 0.133. The number of carbonyl (C=O) groups excluding carboxylic acids is 1. The summed E-state index contributed by atoms with van der Waals surface area (Å²) in [6.07, 6.45) is 6.10. The van der Waals surface area contributed by atoms with Crippen molar-refractivity contribution in [1.82, 2.24) is 4.31 Å². The first kappa shape index (κ1) is 26.6. The molecule has 3 aromatic carbocycles. The van der Waals surface area contributed by atoms with Crippen LogP contribution in [-0.4, -0.2) is 25.3 Å². The minimum Gasteiger partial charge on any atom is -0.462 e. The van der Waals surface area contributed by atoms with Crippen LogP contribution in [0, 0.1) is 0 Å². The zero-order chi connectivity index (χ0) is 25.5. The predicted molar refractivity (Wildman–Crippen MR) is 145 cm³/mol. The Bertz CT molecular complexity index is 1250. The Morgan fingerprint density at radius 3 is 1.97 bits per heavy atom. The monoisotopic (exact) mass is 569 g/mol. The highest BCUT2D eigenvalue weighted by Gasteiger charge is 2.26. The summed E-state index contributed by atoms with van der Waals surface area (Å²) in [7, 11) is -3.76. The number of halogens is 1. The van der Waals surface area contributed by atoms with Crippen LogP contribution in [0.25, 0.3) is 0 Å². The zero-order valence-electron chi connectivity index (χ0n) is 20.5. The standard InChI is InChI=1S/C29H32BrNO4S/c1-2-35-29(32)26-12-8-22(9-13-26)20-31(21-23-10-16-27(30)17-11-23)36(33,34)28-18-14-25(15-19-28)24-6-4-3-5-7-24/h8-19,24H,2-7,20-21H2,1H3. The third-order valence-corrected chi connectivity index (χ3v) is 9.03. The molecule has 1 aliphatic carbocycles. The normalized spacial score (nSPS) is 14.6. The van der Waals surface area contributed by atoms with Gasteiger partial charge in [0.1, 0.15) is 0 Å². The van der Waals surface area contributed by atoms with Crippen LogP contribution in [0.4, 0.5) is 0 Å². The van der Waals surface area contributed by atoms with Gasteiger partial charge in [-0.05, 0) is 78.8 Å². The summed E-state index contributed by atoms with van der Waals surface area (Å²) in [6.45, 7) is 2.49. The van der Waals surface area contributed by atoms with Crippen molar-refractivity contribution in [2.24, 2.45) is 0 Å². The molecular weight excluding hydrogens is 538 g/mol. The van der Waals surface area contributed by atoms with E-state index in [1.54, 1.807) is 43.3 Å². The summed E-state index contributed by atoms with van der Waals surface area (Å²) in [5.41, 5.74) is 3.36. The van der Waals surface area contributed by atoms with E-state index in [9.17, 15) is 13.2 Å². The molecule has 3 aromatic rings. The molecule has 1 aliphatic rings. The van der Waals surface area contributed by atoms with E-state index < -0.39 is 10.0 Å². The summed E-state index contributed by atoms with van der Waals surface area (Å²) in [5, 5.41) is 0. The van der Waals surface area contributed by atoms with E-state index in [-0.39, 0.29) is 19.1 Å². The number of rotatable bonds is 9. The molecule has 0 unspecified atom stereocenters. The average molecular weight is 571 g/mol. The highest BCUT2D eigenvalue weighted by atomic mass is 79.9. The number of benzene rings is 3. The molecule has 0 aliphatic heterocycles. The third kappa shape index (κ3) is 6.64. The molecule has 1 fully saturated rings. The van der Waals surface area contributed by atoms with Crippen molar-refractivity contribution in [1.29, 1.82) is 0 Å². The van der Waals surface area contributed by atoms with Crippen LogP contribution in [0.15, 0.2) is 82.2 Å². The van der Waals surface area contributed by atoms with Crippen molar-refractivity contribution in [3.63, 3.8) is 0 Å². The molecule has 0 bridgehead atoms. The van der Waals surface area contributed by atoms with E-state index in [1.165, 1.54) is 42.0 Å². The number of nitrogens with zero attached hydrogens (tertiary/aromatic N) is 1. The molecule has 0 heterocycles. The van der Waals surface area contributed by atoms with Gasteiger partial charge in [0.15, 0.2) is 0 Å². The Hall–Kier alpha value is -2.48. The summed E-state index contributed by atoms with van der Waals surface area (Å²) < 4.78 is 35.1. The van der Waals surface area contributed by atoms with E-state index in [4.69, 9.17) is 4.74 Å². The maximum absolute atomic E-state index is 13.8. The Balaban J connectivity index is 1.59. The SMILES string of the molecule is CCOC(=O)c1ccc(CN(Cc2ccc(Br)cc2)S(=O)(=O)c2ccc(C3CCCCC3)cc2)cc1. The molecule has 4 rings (SSSR count). The van der Waals surface area contributed by atoms with Crippen molar-refractivity contribution < 1.29 is 17.9 Å². The second kappa shape index (κ2) is 12.2. The molecule has 0 atom stereocenters. The van der Waals surface area contributed by atoms with Gasteiger partial charge in [0, 0.05) is 17.6 Å². The lowest BCUT2D eigenvalue weighted by atomic mass is 9.84. The highest BCUT2D eigenvalue weighted by molar-refractivity contribution is 9.10. The first-order chi connectivity index (χ1) is 17.4. The van der Waals surface area contributed by atoms with Gasteiger partial charge in [-0.3, -0.25) is 0 Å². The minimum atomic E-state index is -3.76. The lowest BCUT2D eigenvalue weighted by Crippen LogP contribution is -2.30. The molecule has 36 heavy (non-hydrogen) atoms. The van der Waals surface area contributed by atoms with Crippen LogP contribution in [-0.2, 0) is 27.8 Å². The summed E-state index contributed by atoms with van der Waals surface area (Å²) >= 11 is 3.44. The van der Waals surface area contributed by atoms with Gasteiger partial charge in [-0.1, -0.05) is 71.6 Å². The van der Waals surface area contributed by atoms with Crippen molar-refractivity contribution in [3.8, 4) is 0 Å². The minimum absolute atomic E-state index is 0.186. The van der Waals surface area contributed by atoms with Gasteiger partial charge in [-0.15, -0.1) is 0 Å². The van der Waals surface area contributed by atoms with Crippen LogP contribution in [0.1, 0.15) is 72.0 Å². The van der Waals surface area contributed by atoms with Crippen LogP contribution >= 0.6 is 15.9 Å². The second-order valence-electron chi connectivity index (χ2n) is 9.22. The molecular formula is C29H32BrNO4S. The molecule has 0 radical (unpaired) electrons. The van der Waals surface area contributed by atoms with E-state index in [1.807, 2.05) is 36.4 Å². The topological polar surface area (TPSA) is 63.7 Å². The van der Waals surface area contributed by atoms with Crippen molar-refractivity contribution in [2.45, 2.75) is 62.9 Å². The molecule has 7 heteroatoms. The molecule has 1 saturated carbocycles. The van der Waals surface area contributed by atoms with E-state index in [0.717, 1.165) is 15.6 Å². The lowest BCUT2D eigenvalue weighted by Gasteiger charge is -2.24. The molecule has 0 saturated heterocycles. The predicted octanol–water partition coefficient (Wildman–Crippen LogP) is 7.06. The first-order valence-electron chi connectivity index (χ1n) is 12.5. The third-order valence-electron chi connectivity index (χ3n) is 6.69. The Morgan fingerprint density at radius 2 is 1.42 bits per heavy atom. The largest absolute Gasteiger partial charge is 0.462 e. The second-order valence-corrected chi connectivity index (χ2v) is 12.1. The number of carbonyl (C=O) groups is 1. The van der Waals surface area contributed by atoms with Gasteiger partial charge in [0.25, 0.3) is 0 Å². The van der Waals surface area contributed by atoms with Crippen LogP contribution in [0.2, 0.25) is 0 Å². The number of esters is 1. The van der Waals surface area contributed by atoms with Gasteiger partial charge in [-0.25, -0.2) is 13.2 Å². The van der Waals surface area contributed by atoms with E-state index >= 15 is 0 Å². The van der Waals surface area contributed by atoms with Crippen molar-refractivity contribution in [2.75, 3.05) is 6.61 Å². The number of hydrogen-bond acceptors (Lipinski definition) is 4. The molecule has 0 spiro atoms. The Kier molecular flexibility index (Phi) is 8.99. The fourth-order valence-electron chi connectivity index (χ4n) is 4.68. The van der Waals surface area contributed by atoms with Crippen LogP contribution < -0.4 is 0 Å². The number of sulfonamides is 1. The van der Waals surface area contributed by atoms with E-state index in [0.29, 0.717) is 23.0 Å². The van der Waals surface area contributed by atoms with Gasteiger partial charge >= 0.3 is 5.97 Å².